The zero-order valence-electron chi connectivity index (χ0n) is 8.46. The number of aromatic nitrogens is 1. The van der Waals surface area contributed by atoms with Crippen LogP contribution < -0.4 is 66.1 Å². The SMILES string of the molecule is [Cu+2].[K+].[O-]P([O-])[O-].c1ccc2ncccc2c1. The van der Waals surface area contributed by atoms with Crippen molar-refractivity contribution in [2.45, 2.75) is 0 Å². The van der Waals surface area contributed by atoms with Crippen molar-refractivity contribution < 1.29 is 83.1 Å². The van der Waals surface area contributed by atoms with Gasteiger partial charge in [0.25, 0.3) is 0 Å². The number of fused-ring (bicyclic) bond motifs is 1. The number of hydrogen-bond acceptors (Lipinski definition) is 4. The first-order chi connectivity index (χ1) is 6.70. The van der Waals surface area contributed by atoms with E-state index in [1.54, 1.807) is 0 Å². The van der Waals surface area contributed by atoms with E-state index in [0.717, 1.165) is 5.52 Å². The average molecular weight is 311 g/mol. The molecule has 0 N–H and O–H groups in total. The van der Waals surface area contributed by atoms with Crippen LogP contribution in [0.4, 0.5) is 0 Å². The third-order valence-electron chi connectivity index (χ3n) is 1.51. The Morgan fingerprint density at radius 3 is 2.00 bits per heavy atom. The third-order valence-corrected chi connectivity index (χ3v) is 1.51. The molecule has 2 rings (SSSR count). The summed E-state index contributed by atoms with van der Waals surface area (Å²) in [5.74, 6) is 0. The molecular formula is C9H7CuKNO3P. The Labute approximate surface area is 148 Å². The van der Waals surface area contributed by atoms with Crippen molar-refractivity contribution in [1.29, 1.82) is 0 Å². The van der Waals surface area contributed by atoms with Gasteiger partial charge in [-0.25, -0.2) is 0 Å². The van der Waals surface area contributed by atoms with E-state index in [0.29, 0.717) is 0 Å². The van der Waals surface area contributed by atoms with Gasteiger partial charge < -0.3 is 23.3 Å². The van der Waals surface area contributed by atoms with Gasteiger partial charge >= 0.3 is 68.5 Å². The second-order valence-electron chi connectivity index (χ2n) is 2.42. The predicted octanol–water partition coefficient (Wildman–Crippen LogP) is -3.47. The molecule has 4 nitrogen and oxygen atoms in total. The Morgan fingerprint density at radius 2 is 1.44 bits per heavy atom. The van der Waals surface area contributed by atoms with Crippen molar-refractivity contribution in [2.24, 2.45) is 0 Å². The Balaban J connectivity index is 0. The van der Waals surface area contributed by atoms with E-state index >= 15 is 0 Å². The number of nitrogens with zero attached hydrogens (tertiary/aromatic N) is 1. The first-order valence-corrected chi connectivity index (χ1v) is 4.91. The summed E-state index contributed by atoms with van der Waals surface area (Å²) < 4.78 is 0. The van der Waals surface area contributed by atoms with Gasteiger partial charge in [-0.05, 0) is 12.1 Å². The summed E-state index contributed by atoms with van der Waals surface area (Å²) >= 11 is 0. The molecule has 0 saturated carbocycles. The molecule has 0 atom stereocenters. The average Bonchev–Trinajstić information content (AvgIpc) is 2.17. The standard InChI is InChI=1S/C9H7N.Cu.K.O3P/c1-2-6-9-8(4-1)5-3-7-10-9;;;1-4(2)3/h1-7H;;;/q;+2;+1;-3. The van der Waals surface area contributed by atoms with Gasteiger partial charge in [-0.3, -0.25) is 4.98 Å². The van der Waals surface area contributed by atoms with Crippen molar-refractivity contribution in [3.8, 4) is 0 Å². The van der Waals surface area contributed by atoms with E-state index in [4.69, 9.17) is 14.7 Å². The van der Waals surface area contributed by atoms with Gasteiger partial charge in [0, 0.05) is 11.6 Å². The van der Waals surface area contributed by atoms with Crippen LogP contribution in [0.1, 0.15) is 0 Å². The minimum absolute atomic E-state index is 0. The van der Waals surface area contributed by atoms with E-state index < -0.39 is 8.60 Å². The molecule has 0 aliphatic carbocycles. The molecule has 1 aromatic carbocycles. The zero-order chi connectivity index (χ0) is 10.4. The molecule has 0 aliphatic heterocycles. The maximum absolute atomic E-state index is 8.48. The normalized spacial score (nSPS) is 8.50. The fourth-order valence-electron chi connectivity index (χ4n) is 1.02. The van der Waals surface area contributed by atoms with Gasteiger partial charge in [0.05, 0.1) is 5.52 Å². The first kappa shape index (κ1) is 19.4. The molecule has 1 radical (unpaired) electrons. The second kappa shape index (κ2) is 11.2. The number of benzene rings is 1. The van der Waals surface area contributed by atoms with Gasteiger partial charge in [-0.15, -0.1) is 0 Å². The summed E-state index contributed by atoms with van der Waals surface area (Å²) in [6.07, 6.45) is 1.81. The van der Waals surface area contributed by atoms with Crippen molar-refractivity contribution >= 4 is 19.5 Å². The molecule has 0 saturated heterocycles. The zero-order valence-corrected chi connectivity index (χ0v) is 13.4. The molecule has 7 heteroatoms. The molecule has 0 aliphatic rings. The molecule has 83 valence electrons. The quantitative estimate of drug-likeness (QED) is 0.374. The van der Waals surface area contributed by atoms with Gasteiger partial charge in [0.1, 0.15) is 0 Å². The van der Waals surface area contributed by atoms with Crippen LogP contribution in [0.25, 0.3) is 10.9 Å². The molecule has 2 aromatic rings. The summed E-state index contributed by atoms with van der Waals surface area (Å²) in [5, 5.41) is 1.20. The summed E-state index contributed by atoms with van der Waals surface area (Å²) in [7, 11) is -3.37. The van der Waals surface area contributed by atoms with Gasteiger partial charge in [0.15, 0.2) is 0 Å². The van der Waals surface area contributed by atoms with Crippen molar-refractivity contribution in [3.05, 3.63) is 42.6 Å². The fraction of sp³-hybridized carbons (Fsp3) is 0. The minimum Gasteiger partial charge on any atom is -0.854 e. The van der Waals surface area contributed by atoms with Crippen molar-refractivity contribution in [1.82, 2.24) is 4.98 Å². The molecule has 0 bridgehead atoms. The molecule has 0 fully saturated rings. The number of pyridine rings is 1. The minimum atomic E-state index is -3.37. The van der Waals surface area contributed by atoms with Crippen LogP contribution in [0.15, 0.2) is 42.6 Å². The Bertz CT molecular complexity index is 337. The molecule has 0 spiro atoms. The molecule has 16 heavy (non-hydrogen) atoms. The van der Waals surface area contributed by atoms with Crippen molar-refractivity contribution in [2.75, 3.05) is 0 Å². The maximum Gasteiger partial charge on any atom is 2.00 e. The van der Waals surface area contributed by atoms with Crippen LogP contribution >= 0.6 is 8.60 Å². The summed E-state index contributed by atoms with van der Waals surface area (Å²) in [6, 6.07) is 12.1. The molecule has 1 heterocycles. The van der Waals surface area contributed by atoms with Crippen LogP contribution in [0.3, 0.4) is 0 Å². The first-order valence-electron chi connectivity index (χ1n) is 3.81. The van der Waals surface area contributed by atoms with E-state index in [-0.39, 0.29) is 68.5 Å². The number of hydrogen-bond donors (Lipinski definition) is 0. The molecule has 1 aromatic heterocycles. The van der Waals surface area contributed by atoms with Crippen LogP contribution in [0.5, 0.6) is 0 Å². The van der Waals surface area contributed by atoms with Crippen LogP contribution in [-0.2, 0) is 17.1 Å². The smallest absolute Gasteiger partial charge is 0.854 e. The summed E-state index contributed by atoms with van der Waals surface area (Å²) in [6.45, 7) is 0. The van der Waals surface area contributed by atoms with E-state index in [1.807, 2.05) is 30.5 Å². The topological polar surface area (TPSA) is 82.1 Å². The van der Waals surface area contributed by atoms with Gasteiger partial charge in [-0.1, -0.05) is 24.3 Å². The molecule has 0 unspecified atom stereocenters. The van der Waals surface area contributed by atoms with Gasteiger partial charge in [-0.2, -0.15) is 0 Å². The maximum atomic E-state index is 8.48. The van der Waals surface area contributed by atoms with Gasteiger partial charge in [0.2, 0.25) is 0 Å². The third kappa shape index (κ3) is 8.23. The Hall–Kier alpha value is 1.10. The molecular weight excluding hydrogens is 304 g/mol. The fourth-order valence-corrected chi connectivity index (χ4v) is 1.02. The summed E-state index contributed by atoms with van der Waals surface area (Å²) in [4.78, 5) is 29.6. The molecule has 0 amide bonds. The van der Waals surface area contributed by atoms with Crippen LogP contribution in [-0.4, -0.2) is 4.98 Å². The summed E-state index contributed by atoms with van der Waals surface area (Å²) in [5.41, 5.74) is 1.06. The monoisotopic (exact) mass is 310 g/mol. The largest absolute Gasteiger partial charge is 2.00 e. The van der Waals surface area contributed by atoms with E-state index in [1.165, 1.54) is 5.39 Å². The van der Waals surface area contributed by atoms with Crippen LogP contribution in [0, 0.1) is 0 Å². The second-order valence-corrected chi connectivity index (χ2v) is 2.87. The number of para-hydroxylation sites is 1. The van der Waals surface area contributed by atoms with Crippen molar-refractivity contribution in [3.63, 3.8) is 0 Å². The van der Waals surface area contributed by atoms with Crippen LogP contribution in [0.2, 0.25) is 0 Å². The van der Waals surface area contributed by atoms with E-state index in [2.05, 4.69) is 17.1 Å². The Kier molecular flexibility index (Phi) is 13.6. The Morgan fingerprint density at radius 1 is 0.938 bits per heavy atom. The van der Waals surface area contributed by atoms with E-state index in [9.17, 15) is 0 Å². The predicted molar refractivity (Wildman–Crippen MR) is 48.7 cm³/mol. The number of rotatable bonds is 0.